The van der Waals surface area contributed by atoms with Gasteiger partial charge in [-0.2, -0.15) is 5.10 Å². The summed E-state index contributed by atoms with van der Waals surface area (Å²) in [6.45, 7) is 3.65. The van der Waals surface area contributed by atoms with Crippen molar-refractivity contribution in [2.45, 2.75) is 32.6 Å². The number of aromatic nitrogens is 2. The van der Waals surface area contributed by atoms with Gasteiger partial charge < -0.3 is 10.2 Å². The van der Waals surface area contributed by atoms with Gasteiger partial charge in [-0.3, -0.25) is 14.3 Å². The molecule has 8 heteroatoms. The molecular weight excluding hydrogens is 378 g/mol. The molecule has 1 aliphatic rings. The number of halogens is 2. The third-order valence-corrected chi connectivity index (χ3v) is 5.23. The second-order valence-corrected chi connectivity index (χ2v) is 7.40. The Hall–Kier alpha value is -2.77. The first-order chi connectivity index (χ1) is 13.9. The average Bonchev–Trinajstić information content (AvgIpc) is 3.09. The first-order valence-corrected chi connectivity index (χ1v) is 9.96. The fraction of sp³-hybridized carbons (Fsp3) is 0.476. The summed E-state index contributed by atoms with van der Waals surface area (Å²) >= 11 is 0. The van der Waals surface area contributed by atoms with E-state index in [9.17, 15) is 18.4 Å². The lowest BCUT2D eigenvalue weighted by Gasteiger charge is -2.31. The zero-order valence-corrected chi connectivity index (χ0v) is 16.8. The Morgan fingerprint density at radius 2 is 1.97 bits per heavy atom. The van der Waals surface area contributed by atoms with E-state index in [1.807, 2.05) is 0 Å². The Balaban J connectivity index is 1.70. The van der Waals surface area contributed by atoms with Gasteiger partial charge in [-0.05, 0) is 31.4 Å². The molecule has 0 bridgehead atoms. The second-order valence-electron chi connectivity index (χ2n) is 7.40. The third-order valence-electron chi connectivity index (χ3n) is 5.23. The third kappa shape index (κ3) is 4.81. The van der Waals surface area contributed by atoms with Gasteiger partial charge in [0.2, 0.25) is 5.91 Å². The summed E-state index contributed by atoms with van der Waals surface area (Å²) in [5.74, 6) is -1.77. The maximum Gasteiger partial charge on any atom is 0.257 e. The molecule has 1 saturated heterocycles. The summed E-state index contributed by atoms with van der Waals surface area (Å²) in [5, 5.41) is 7.16. The summed E-state index contributed by atoms with van der Waals surface area (Å²) in [7, 11) is 1.65. The Labute approximate surface area is 168 Å². The molecule has 1 aromatic carbocycles. The van der Waals surface area contributed by atoms with E-state index in [0.717, 1.165) is 25.0 Å². The Bertz CT molecular complexity index is 889. The van der Waals surface area contributed by atoms with Crippen LogP contribution in [0.3, 0.4) is 0 Å². The van der Waals surface area contributed by atoms with Gasteiger partial charge in [0, 0.05) is 50.4 Å². The fourth-order valence-corrected chi connectivity index (χ4v) is 3.57. The van der Waals surface area contributed by atoms with Crippen molar-refractivity contribution in [1.82, 2.24) is 20.0 Å². The van der Waals surface area contributed by atoms with Gasteiger partial charge in [0.05, 0.1) is 5.56 Å². The lowest BCUT2D eigenvalue weighted by atomic mass is 9.95. The molecule has 1 N–H and O–H groups in total. The van der Waals surface area contributed by atoms with Crippen LogP contribution in [0.15, 0.2) is 24.4 Å². The Morgan fingerprint density at radius 1 is 1.24 bits per heavy atom. The predicted molar refractivity (Wildman–Crippen MR) is 105 cm³/mol. The van der Waals surface area contributed by atoms with E-state index < -0.39 is 11.6 Å². The molecule has 156 valence electrons. The first kappa shape index (κ1) is 21.0. The van der Waals surface area contributed by atoms with Gasteiger partial charge in [-0.25, -0.2) is 8.78 Å². The Kier molecular flexibility index (Phi) is 6.61. The summed E-state index contributed by atoms with van der Waals surface area (Å²) in [6.07, 6.45) is 4.69. The van der Waals surface area contributed by atoms with Gasteiger partial charge >= 0.3 is 0 Å². The highest BCUT2D eigenvalue weighted by Gasteiger charge is 2.30. The molecule has 1 fully saturated rings. The molecule has 0 aliphatic carbocycles. The standard InChI is InChI=1S/C21H26F2N4O2/c1-3-4-9-24-20(28)14-7-10-27(11-8-14)21(29)17-13-26(2)25-19(17)16-6-5-15(22)12-18(16)23/h5-6,12-14H,3-4,7-11H2,1-2H3,(H,24,28). The van der Waals surface area contributed by atoms with Crippen LogP contribution in [-0.4, -0.2) is 46.1 Å². The van der Waals surface area contributed by atoms with Crippen molar-refractivity contribution in [3.63, 3.8) is 0 Å². The minimum Gasteiger partial charge on any atom is -0.356 e. The van der Waals surface area contributed by atoms with Gasteiger partial charge in [0.1, 0.15) is 17.3 Å². The van der Waals surface area contributed by atoms with Gasteiger partial charge in [-0.1, -0.05) is 13.3 Å². The zero-order valence-electron chi connectivity index (χ0n) is 16.8. The lowest BCUT2D eigenvalue weighted by Crippen LogP contribution is -2.43. The van der Waals surface area contributed by atoms with Gasteiger partial charge in [0.15, 0.2) is 0 Å². The topological polar surface area (TPSA) is 67.2 Å². The van der Waals surface area contributed by atoms with E-state index in [-0.39, 0.29) is 34.6 Å². The molecule has 0 radical (unpaired) electrons. The van der Waals surface area contributed by atoms with Crippen molar-refractivity contribution in [3.05, 3.63) is 41.6 Å². The molecule has 2 heterocycles. The van der Waals surface area contributed by atoms with E-state index in [4.69, 9.17) is 0 Å². The number of amides is 2. The number of aryl methyl sites for hydroxylation is 1. The minimum absolute atomic E-state index is 0.0426. The number of nitrogens with one attached hydrogen (secondary N) is 1. The van der Waals surface area contributed by atoms with Gasteiger partial charge in [0.25, 0.3) is 5.91 Å². The predicted octanol–water partition coefficient (Wildman–Crippen LogP) is 3.13. The number of hydrogen-bond donors (Lipinski definition) is 1. The monoisotopic (exact) mass is 404 g/mol. The lowest BCUT2D eigenvalue weighted by molar-refractivity contribution is -0.126. The van der Waals surface area contributed by atoms with E-state index in [0.29, 0.717) is 32.5 Å². The van der Waals surface area contributed by atoms with Crippen molar-refractivity contribution in [3.8, 4) is 11.3 Å². The molecule has 6 nitrogen and oxygen atoms in total. The number of likely N-dealkylation sites (tertiary alicyclic amines) is 1. The summed E-state index contributed by atoms with van der Waals surface area (Å²) in [4.78, 5) is 26.9. The normalized spacial score (nSPS) is 14.8. The largest absolute Gasteiger partial charge is 0.356 e. The number of unbranched alkanes of at least 4 members (excludes halogenated alkanes) is 1. The average molecular weight is 404 g/mol. The molecule has 0 unspecified atom stereocenters. The number of rotatable bonds is 6. The molecule has 3 rings (SSSR count). The van der Waals surface area contributed by atoms with Crippen molar-refractivity contribution in [2.75, 3.05) is 19.6 Å². The zero-order chi connectivity index (χ0) is 21.0. The van der Waals surface area contributed by atoms with Crippen LogP contribution >= 0.6 is 0 Å². The SMILES string of the molecule is CCCCNC(=O)C1CCN(C(=O)c2cn(C)nc2-c2ccc(F)cc2F)CC1. The fourth-order valence-electron chi connectivity index (χ4n) is 3.57. The first-order valence-electron chi connectivity index (χ1n) is 9.96. The maximum absolute atomic E-state index is 14.2. The van der Waals surface area contributed by atoms with E-state index in [2.05, 4.69) is 17.3 Å². The summed E-state index contributed by atoms with van der Waals surface area (Å²) < 4.78 is 28.9. The molecule has 0 saturated carbocycles. The summed E-state index contributed by atoms with van der Waals surface area (Å²) in [5.41, 5.74) is 0.541. The Morgan fingerprint density at radius 3 is 2.62 bits per heavy atom. The quantitative estimate of drug-likeness (QED) is 0.753. The van der Waals surface area contributed by atoms with Crippen LogP contribution in [0.2, 0.25) is 0 Å². The van der Waals surface area contributed by atoms with Crippen LogP contribution in [-0.2, 0) is 11.8 Å². The van der Waals surface area contributed by atoms with Crippen LogP contribution in [0, 0.1) is 17.6 Å². The highest BCUT2D eigenvalue weighted by Crippen LogP contribution is 2.28. The van der Waals surface area contributed by atoms with Crippen molar-refractivity contribution in [1.29, 1.82) is 0 Å². The molecule has 0 atom stereocenters. The highest BCUT2D eigenvalue weighted by molar-refractivity contribution is 6.00. The van der Waals surface area contributed by atoms with E-state index >= 15 is 0 Å². The number of carbonyl (C=O) groups is 2. The highest BCUT2D eigenvalue weighted by atomic mass is 19.1. The molecule has 1 aliphatic heterocycles. The van der Waals surface area contributed by atoms with E-state index in [1.54, 1.807) is 18.1 Å². The molecule has 2 aromatic rings. The van der Waals surface area contributed by atoms with Gasteiger partial charge in [-0.15, -0.1) is 0 Å². The number of nitrogens with zero attached hydrogens (tertiary/aromatic N) is 3. The number of piperidine rings is 1. The minimum atomic E-state index is -0.764. The van der Waals surface area contributed by atoms with E-state index in [1.165, 1.54) is 10.7 Å². The number of hydrogen-bond acceptors (Lipinski definition) is 3. The van der Waals surface area contributed by atoms with Crippen LogP contribution in [0.1, 0.15) is 43.0 Å². The molecule has 2 amide bonds. The smallest absolute Gasteiger partial charge is 0.257 e. The van der Waals surface area contributed by atoms with Crippen molar-refractivity contribution in [2.24, 2.45) is 13.0 Å². The molecular formula is C21H26F2N4O2. The second kappa shape index (κ2) is 9.15. The molecule has 29 heavy (non-hydrogen) atoms. The number of benzene rings is 1. The van der Waals surface area contributed by atoms with Crippen LogP contribution < -0.4 is 5.32 Å². The van der Waals surface area contributed by atoms with Crippen molar-refractivity contribution < 1.29 is 18.4 Å². The van der Waals surface area contributed by atoms with Crippen molar-refractivity contribution >= 4 is 11.8 Å². The number of carbonyl (C=O) groups excluding carboxylic acids is 2. The van der Waals surface area contributed by atoms with Crippen LogP contribution in [0.4, 0.5) is 8.78 Å². The van der Waals surface area contributed by atoms with Crippen LogP contribution in [0.25, 0.3) is 11.3 Å². The molecule has 1 aromatic heterocycles. The molecule has 0 spiro atoms. The van der Waals surface area contributed by atoms with Crippen LogP contribution in [0.5, 0.6) is 0 Å². The summed E-state index contributed by atoms with van der Waals surface area (Å²) in [6, 6.07) is 3.21. The maximum atomic E-state index is 14.2.